The Bertz CT molecular complexity index is 444. The second-order valence-electron chi connectivity index (χ2n) is 3.59. The van der Waals surface area contributed by atoms with E-state index in [9.17, 15) is 12.8 Å². The monoisotopic (exact) mass is 261 g/mol. The summed E-state index contributed by atoms with van der Waals surface area (Å²) in [4.78, 5) is 0. The number of sulfonamides is 1. The van der Waals surface area contributed by atoms with Crippen LogP contribution in [0.25, 0.3) is 0 Å². The lowest BCUT2D eigenvalue weighted by molar-refractivity contribution is 0.306. The Labute approximate surface area is 101 Å². The summed E-state index contributed by atoms with van der Waals surface area (Å²) >= 11 is 0. The van der Waals surface area contributed by atoms with E-state index in [0.29, 0.717) is 12.1 Å². The second-order valence-corrected chi connectivity index (χ2v) is 5.60. The van der Waals surface area contributed by atoms with Gasteiger partial charge in [-0.05, 0) is 30.7 Å². The first kappa shape index (κ1) is 13.9. The molecule has 0 spiro atoms. The number of nitrogens with zero attached hydrogens (tertiary/aromatic N) is 1. The average Bonchev–Trinajstić information content (AvgIpc) is 2.27. The number of anilines is 1. The Morgan fingerprint density at radius 2 is 1.88 bits per heavy atom. The van der Waals surface area contributed by atoms with Crippen molar-refractivity contribution in [1.29, 1.82) is 0 Å². The van der Waals surface area contributed by atoms with Crippen molar-refractivity contribution >= 4 is 15.7 Å². The quantitative estimate of drug-likeness (QED) is 0.841. The highest BCUT2D eigenvalue weighted by molar-refractivity contribution is 7.92. The Morgan fingerprint density at radius 1 is 1.29 bits per heavy atom. The van der Waals surface area contributed by atoms with Gasteiger partial charge in [-0.15, -0.1) is 0 Å². The first-order chi connectivity index (χ1) is 8.01. The van der Waals surface area contributed by atoms with Crippen molar-refractivity contribution in [3.8, 4) is 0 Å². The third kappa shape index (κ3) is 3.67. The summed E-state index contributed by atoms with van der Waals surface area (Å²) in [5, 5.41) is 8.90. The van der Waals surface area contributed by atoms with Gasteiger partial charge in [0.2, 0.25) is 10.0 Å². The van der Waals surface area contributed by atoms with E-state index in [1.807, 2.05) is 0 Å². The SMILES string of the molecule is CCCS(=O)(=O)N(CCO)c1ccc(F)cc1. The molecule has 0 bridgehead atoms. The smallest absolute Gasteiger partial charge is 0.235 e. The van der Waals surface area contributed by atoms with Gasteiger partial charge >= 0.3 is 0 Å². The average molecular weight is 261 g/mol. The molecule has 0 aromatic heterocycles. The summed E-state index contributed by atoms with van der Waals surface area (Å²) in [6.07, 6.45) is 0.492. The summed E-state index contributed by atoms with van der Waals surface area (Å²) in [6, 6.07) is 5.17. The van der Waals surface area contributed by atoms with Crippen LogP contribution in [0.1, 0.15) is 13.3 Å². The predicted octanol–water partition coefficient (Wildman–Crippen LogP) is 1.36. The third-order valence-corrected chi connectivity index (χ3v) is 4.20. The largest absolute Gasteiger partial charge is 0.394 e. The molecule has 0 amide bonds. The minimum absolute atomic E-state index is 0.00434. The van der Waals surface area contributed by atoms with Crippen LogP contribution in [0.2, 0.25) is 0 Å². The maximum atomic E-state index is 12.8. The molecule has 0 radical (unpaired) electrons. The van der Waals surface area contributed by atoms with E-state index in [0.717, 1.165) is 4.31 Å². The summed E-state index contributed by atoms with van der Waals surface area (Å²) in [5.41, 5.74) is 0.369. The van der Waals surface area contributed by atoms with Crippen molar-refractivity contribution in [2.45, 2.75) is 13.3 Å². The zero-order valence-corrected chi connectivity index (χ0v) is 10.5. The molecule has 6 heteroatoms. The van der Waals surface area contributed by atoms with Gasteiger partial charge in [-0.2, -0.15) is 0 Å². The Hall–Kier alpha value is -1.14. The highest BCUT2D eigenvalue weighted by atomic mass is 32.2. The lowest BCUT2D eigenvalue weighted by Gasteiger charge is -2.23. The lowest BCUT2D eigenvalue weighted by Crippen LogP contribution is -2.35. The van der Waals surface area contributed by atoms with E-state index in [1.165, 1.54) is 24.3 Å². The summed E-state index contributed by atoms with van der Waals surface area (Å²) < 4.78 is 37.7. The minimum atomic E-state index is -3.45. The van der Waals surface area contributed by atoms with E-state index < -0.39 is 15.8 Å². The zero-order valence-electron chi connectivity index (χ0n) is 9.63. The van der Waals surface area contributed by atoms with Crippen LogP contribution in [0.15, 0.2) is 24.3 Å². The minimum Gasteiger partial charge on any atom is -0.394 e. The zero-order chi connectivity index (χ0) is 12.9. The summed E-state index contributed by atoms with van der Waals surface area (Å²) in [6.45, 7) is 1.47. The van der Waals surface area contributed by atoms with Gasteiger partial charge in [-0.1, -0.05) is 6.92 Å². The summed E-state index contributed by atoms with van der Waals surface area (Å²) in [5.74, 6) is -0.421. The van der Waals surface area contributed by atoms with Crippen molar-refractivity contribution in [2.24, 2.45) is 0 Å². The number of hydrogen-bond donors (Lipinski definition) is 1. The second kappa shape index (κ2) is 5.97. The van der Waals surface area contributed by atoms with Crippen LogP contribution in [0.5, 0.6) is 0 Å². The molecular weight excluding hydrogens is 245 g/mol. The van der Waals surface area contributed by atoms with Crippen LogP contribution in [-0.2, 0) is 10.0 Å². The van der Waals surface area contributed by atoms with E-state index in [-0.39, 0.29) is 18.9 Å². The van der Waals surface area contributed by atoms with Gasteiger partial charge in [0.05, 0.1) is 24.6 Å². The number of hydrogen-bond acceptors (Lipinski definition) is 3. The molecule has 0 aliphatic heterocycles. The van der Waals surface area contributed by atoms with Crippen LogP contribution in [0.3, 0.4) is 0 Å². The van der Waals surface area contributed by atoms with Crippen molar-refractivity contribution < 1.29 is 17.9 Å². The van der Waals surface area contributed by atoms with Crippen LogP contribution >= 0.6 is 0 Å². The van der Waals surface area contributed by atoms with Crippen LogP contribution in [0, 0.1) is 5.82 Å². The van der Waals surface area contributed by atoms with Crippen molar-refractivity contribution in [3.63, 3.8) is 0 Å². The van der Waals surface area contributed by atoms with Gasteiger partial charge < -0.3 is 5.11 Å². The molecule has 96 valence electrons. The molecule has 1 aromatic rings. The van der Waals surface area contributed by atoms with E-state index in [1.54, 1.807) is 6.92 Å². The maximum Gasteiger partial charge on any atom is 0.235 e. The molecule has 0 saturated heterocycles. The molecule has 0 aliphatic rings. The van der Waals surface area contributed by atoms with Gasteiger partial charge in [0, 0.05) is 0 Å². The topological polar surface area (TPSA) is 57.6 Å². The number of rotatable bonds is 6. The lowest BCUT2D eigenvalue weighted by atomic mass is 10.3. The van der Waals surface area contributed by atoms with Gasteiger partial charge in [0.25, 0.3) is 0 Å². The number of aliphatic hydroxyl groups excluding tert-OH is 1. The Kier molecular flexibility index (Phi) is 4.89. The molecule has 0 heterocycles. The summed E-state index contributed by atoms with van der Waals surface area (Å²) in [7, 11) is -3.45. The van der Waals surface area contributed by atoms with Crippen LogP contribution in [-0.4, -0.2) is 32.4 Å². The van der Waals surface area contributed by atoms with Gasteiger partial charge in [0.1, 0.15) is 5.82 Å². The van der Waals surface area contributed by atoms with Crippen LogP contribution < -0.4 is 4.31 Å². The number of halogens is 1. The Balaban J connectivity index is 3.04. The van der Waals surface area contributed by atoms with Crippen molar-refractivity contribution in [3.05, 3.63) is 30.1 Å². The molecule has 0 fully saturated rings. The number of benzene rings is 1. The predicted molar refractivity (Wildman–Crippen MR) is 64.9 cm³/mol. The molecule has 0 unspecified atom stereocenters. The van der Waals surface area contributed by atoms with Crippen molar-refractivity contribution in [2.75, 3.05) is 23.2 Å². The maximum absolute atomic E-state index is 12.8. The molecule has 17 heavy (non-hydrogen) atoms. The van der Waals surface area contributed by atoms with E-state index >= 15 is 0 Å². The fraction of sp³-hybridized carbons (Fsp3) is 0.455. The molecule has 1 rings (SSSR count). The van der Waals surface area contributed by atoms with E-state index in [4.69, 9.17) is 5.11 Å². The van der Waals surface area contributed by atoms with Gasteiger partial charge in [-0.3, -0.25) is 4.31 Å². The first-order valence-electron chi connectivity index (χ1n) is 5.38. The Morgan fingerprint density at radius 3 is 2.35 bits per heavy atom. The third-order valence-electron chi connectivity index (χ3n) is 2.22. The first-order valence-corrected chi connectivity index (χ1v) is 6.99. The fourth-order valence-corrected chi connectivity index (χ4v) is 3.03. The van der Waals surface area contributed by atoms with Crippen LogP contribution in [0.4, 0.5) is 10.1 Å². The molecule has 0 atom stereocenters. The van der Waals surface area contributed by atoms with E-state index in [2.05, 4.69) is 0 Å². The standard InChI is InChI=1S/C11H16FNO3S/c1-2-9-17(15,16)13(7-8-14)11-5-3-10(12)4-6-11/h3-6,14H,2,7-9H2,1H3. The highest BCUT2D eigenvalue weighted by Gasteiger charge is 2.20. The molecule has 0 aliphatic carbocycles. The van der Waals surface area contributed by atoms with Gasteiger partial charge in [0.15, 0.2) is 0 Å². The fourth-order valence-electron chi connectivity index (χ4n) is 1.50. The number of aliphatic hydroxyl groups is 1. The molecular formula is C11H16FNO3S. The highest BCUT2D eigenvalue weighted by Crippen LogP contribution is 2.18. The molecule has 1 aromatic carbocycles. The molecule has 1 N–H and O–H groups in total. The normalized spacial score (nSPS) is 11.5. The van der Waals surface area contributed by atoms with Gasteiger partial charge in [-0.25, -0.2) is 12.8 Å². The molecule has 4 nitrogen and oxygen atoms in total. The van der Waals surface area contributed by atoms with Crippen molar-refractivity contribution in [1.82, 2.24) is 0 Å². The molecule has 0 saturated carbocycles.